The molecule has 0 fully saturated rings. The van der Waals surface area contributed by atoms with E-state index in [0.717, 1.165) is 21.7 Å². The first-order chi connectivity index (χ1) is 8.72. The monoisotopic (exact) mass is 255 g/mol. The van der Waals surface area contributed by atoms with Gasteiger partial charge in [0.15, 0.2) is 0 Å². The zero-order valence-electron chi connectivity index (χ0n) is 10.3. The van der Waals surface area contributed by atoms with Crippen LogP contribution in [-0.2, 0) is 0 Å². The summed E-state index contributed by atoms with van der Waals surface area (Å²) in [6.07, 6.45) is 1.61. The zero-order valence-corrected chi connectivity index (χ0v) is 11.1. The predicted octanol–water partition coefficient (Wildman–Crippen LogP) is 4.05. The Hall–Kier alpha value is -1.94. The standard InChI is InChI=1S/C14H13N3S/c1-9-4-3-5-11(6-9)17-13-12-7-10(2)18-14(12)16-8-15-13/h3-8H,1-2H3,(H,15,16,17). The molecule has 1 N–H and O–H groups in total. The Kier molecular flexibility index (Phi) is 2.72. The number of thiophene rings is 1. The van der Waals surface area contributed by atoms with Crippen molar-refractivity contribution in [2.45, 2.75) is 13.8 Å². The summed E-state index contributed by atoms with van der Waals surface area (Å²) in [5, 5.41) is 4.44. The highest BCUT2D eigenvalue weighted by Gasteiger charge is 2.06. The van der Waals surface area contributed by atoms with Crippen molar-refractivity contribution in [1.29, 1.82) is 0 Å². The van der Waals surface area contributed by atoms with Gasteiger partial charge in [0.2, 0.25) is 0 Å². The first-order valence-corrected chi connectivity index (χ1v) is 6.59. The van der Waals surface area contributed by atoms with Crippen LogP contribution in [0, 0.1) is 13.8 Å². The van der Waals surface area contributed by atoms with E-state index in [1.54, 1.807) is 17.7 Å². The lowest BCUT2D eigenvalue weighted by Gasteiger charge is -2.06. The van der Waals surface area contributed by atoms with Crippen molar-refractivity contribution in [1.82, 2.24) is 9.97 Å². The Morgan fingerprint density at radius 1 is 1.11 bits per heavy atom. The van der Waals surface area contributed by atoms with E-state index < -0.39 is 0 Å². The van der Waals surface area contributed by atoms with Gasteiger partial charge in [0, 0.05) is 10.6 Å². The van der Waals surface area contributed by atoms with Crippen LogP contribution in [0.4, 0.5) is 11.5 Å². The second-order valence-electron chi connectivity index (χ2n) is 4.29. The number of hydrogen-bond donors (Lipinski definition) is 1. The third-order valence-electron chi connectivity index (χ3n) is 2.73. The van der Waals surface area contributed by atoms with E-state index in [-0.39, 0.29) is 0 Å². The van der Waals surface area contributed by atoms with Crippen LogP contribution in [0.15, 0.2) is 36.7 Å². The van der Waals surface area contributed by atoms with Crippen LogP contribution in [0.3, 0.4) is 0 Å². The van der Waals surface area contributed by atoms with Gasteiger partial charge in [-0.2, -0.15) is 0 Å². The van der Waals surface area contributed by atoms with Crippen LogP contribution >= 0.6 is 11.3 Å². The van der Waals surface area contributed by atoms with E-state index in [2.05, 4.69) is 47.3 Å². The van der Waals surface area contributed by atoms with Gasteiger partial charge in [-0.1, -0.05) is 12.1 Å². The Morgan fingerprint density at radius 3 is 2.83 bits per heavy atom. The van der Waals surface area contributed by atoms with Gasteiger partial charge in [0.25, 0.3) is 0 Å². The van der Waals surface area contributed by atoms with Crippen molar-refractivity contribution in [3.63, 3.8) is 0 Å². The van der Waals surface area contributed by atoms with Gasteiger partial charge in [-0.15, -0.1) is 11.3 Å². The van der Waals surface area contributed by atoms with Gasteiger partial charge in [0.05, 0.1) is 5.39 Å². The van der Waals surface area contributed by atoms with E-state index in [0.29, 0.717) is 0 Å². The topological polar surface area (TPSA) is 37.8 Å². The molecule has 0 radical (unpaired) electrons. The number of rotatable bonds is 2. The van der Waals surface area contributed by atoms with Crippen molar-refractivity contribution in [2.24, 2.45) is 0 Å². The summed E-state index contributed by atoms with van der Waals surface area (Å²) in [5.74, 6) is 0.870. The van der Waals surface area contributed by atoms with Gasteiger partial charge in [0.1, 0.15) is 17.0 Å². The van der Waals surface area contributed by atoms with Crippen LogP contribution < -0.4 is 5.32 Å². The van der Waals surface area contributed by atoms with E-state index in [1.165, 1.54) is 10.4 Å². The maximum atomic E-state index is 4.33. The molecule has 4 heteroatoms. The van der Waals surface area contributed by atoms with E-state index in [9.17, 15) is 0 Å². The molecule has 0 aliphatic heterocycles. The molecule has 3 rings (SSSR count). The minimum Gasteiger partial charge on any atom is -0.340 e. The summed E-state index contributed by atoms with van der Waals surface area (Å²) in [5.41, 5.74) is 2.28. The van der Waals surface area contributed by atoms with Crippen molar-refractivity contribution in [3.8, 4) is 0 Å². The van der Waals surface area contributed by atoms with E-state index in [1.807, 2.05) is 12.1 Å². The molecular formula is C14H13N3S. The number of nitrogens with one attached hydrogen (secondary N) is 1. The smallest absolute Gasteiger partial charge is 0.142 e. The maximum Gasteiger partial charge on any atom is 0.142 e. The van der Waals surface area contributed by atoms with Gasteiger partial charge in [-0.05, 0) is 37.6 Å². The SMILES string of the molecule is Cc1cccc(Nc2ncnc3sc(C)cc23)c1. The molecule has 0 amide bonds. The van der Waals surface area contributed by atoms with Gasteiger partial charge < -0.3 is 5.32 Å². The first-order valence-electron chi connectivity index (χ1n) is 5.77. The average molecular weight is 255 g/mol. The highest BCUT2D eigenvalue weighted by atomic mass is 32.1. The van der Waals surface area contributed by atoms with Crippen molar-refractivity contribution in [3.05, 3.63) is 47.1 Å². The van der Waals surface area contributed by atoms with Crippen molar-refractivity contribution >= 4 is 33.1 Å². The second kappa shape index (κ2) is 4.38. The Labute approximate surface area is 110 Å². The largest absolute Gasteiger partial charge is 0.340 e. The van der Waals surface area contributed by atoms with Crippen LogP contribution in [0.25, 0.3) is 10.2 Å². The summed E-state index contributed by atoms with van der Waals surface area (Å²) in [6, 6.07) is 10.4. The number of nitrogens with zero attached hydrogens (tertiary/aromatic N) is 2. The molecule has 3 nitrogen and oxygen atoms in total. The lowest BCUT2D eigenvalue weighted by Crippen LogP contribution is -1.94. The molecule has 0 aliphatic carbocycles. The van der Waals surface area contributed by atoms with Crippen LogP contribution in [0.5, 0.6) is 0 Å². The molecule has 3 aromatic rings. The maximum absolute atomic E-state index is 4.33. The van der Waals surface area contributed by atoms with Gasteiger partial charge >= 0.3 is 0 Å². The molecule has 2 aromatic heterocycles. The predicted molar refractivity (Wildman–Crippen MR) is 76.6 cm³/mol. The highest BCUT2D eigenvalue weighted by molar-refractivity contribution is 7.18. The molecule has 0 spiro atoms. The zero-order chi connectivity index (χ0) is 12.5. The second-order valence-corrected chi connectivity index (χ2v) is 5.53. The Balaban J connectivity index is 2.04. The quantitative estimate of drug-likeness (QED) is 0.750. The van der Waals surface area contributed by atoms with Gasteiger partial charge in [-0.25, -0.2) is 9.97 Å². The average Bonchev–Trinajstić information content (AvgIpc) is 2.71. The lowest BCUT2D eigenvalue weighted by molar-refractivity contribution is 1.23. The van der Waals surface area contributed by atoms with Crippen molar-refractivity contribution in [2.75, 3.05) is 5.32 Å². The number of benzene rings is 1. The number of fused-ring (bicyclic) bond motifs is 1. The van der Waals surface area contributed by atoms with Crippen molar-refractivity contribution < 1.29 is 0 Å². The third kappa shape index (κ3) is 2.07. The molecule has 0 aliphatic rings. The molecule has 0 atom stereocenters. The number of anilines is 2. The van der Waals surface area contributed by atoms with Crippen LogP contribution in [0.1, 0.15) is 10.4 Å². The molecule has 1 aromatic carbocycles. The minimum atomic E-state index is 0.870. The van der Waals surface area contributed by atoms with Crippen LogP contribution in [-0.4, -0.2) is 9.97 Å². The number of hydrogen-bond acceptors (Lipinski definition) is 4. The summed E-state index contributed by atoms with van der Waals surface area (Å²) in [4.78, 5) is 10.9. The fourth-order valence-corrected chi connectivity index (χ4v) is 2.78. The molecule has 2 heterocycles. The normalized spacial score (nSPS) is 10.8. The summed E-state index contributed by atoms with van der Waals surface area (Å²) < 4.78 is 0. The number of aromatic nitrogens is 2. The first kappa shape index (κ1) is 11.2. The Bertz CT molecular complexity index is 703. The molecule has 90 valence electrons. The van der Waals surface area contributed by atoms with E-state index in [4.69, 9.17) is 0 Å². The fraction of sp³-hybridized carbons (Fsp3) is 0.143. The van der Waals surface area contributed by atoms with Crippen LogP contribution in [0.2, 0.25) is 0 Å². The molecule has 18 heavy (non-hydrogen) atoms. The van der Waals surface area contributed by atoms with E-state index >= 15 is 0 Å². The lowest BCUT2D eigenvalue weighted by atomic mass is 10.2. The summed E-state index contributed by atoms with van der Waals surface area (Å²) in [6.45, 7) is 4.16. The summed E-state index contributed by atoms with van der Waals surface area (Å²) >= 11 is 1.69. The third-order valence-corrected chi connectivity index (χ3v) is 3.69. The molecule has 0 saturated heterocycles. The summed E-state index contributed by atoms with van der Waals surface area (Å²) in [7, 11) is 0. The highest BCUT2D eigenvalue weighted by Crippen LogP contribution is 2.29. The molecule has 0 saturated carbocycles. The minimum absolute atomic E-state index is 0.870. The van der Waals surface area contributed by atoms with Gasteiger partial charge in [-0.3, -0.25) is 0 Å². The fourth-order valence-electron chi connectivity index (χ4n) is 1.94. The Morgan fingerprint density at radius 2 is 2.00 bits per heavy atom. The molecular weight excluding hydrogens is 242 g/mol. The number of aryl methyl sites for hydroxylation is 2. The molecule has 0 unspecified atom stereocenters. The molecule has 0 bridgehead atoms.